The Balaban J connectivity index is 1.39. The first-order chi connectivity index (χ1) is 25.7. The predicted octanol–water partition coefficient (Wildman–Crippen LogP) is 2.93. The quantitative estimate of drug-likeness (QED) is 0.181. The number of fused-ring (bicyclic) bond motifs is 1. The lowest BCUT2D eigenvalue weighted by molar-refractivity contribution is -0.301. The topological polar surface area (TPSA) is 172 Å². The van der Waals surface area contributed by atoms with Crippen molar-refractivity contribution in [1.29, 1.82) is 0 Å². The Hall–Kier alpha value is -4.88. The van der Waals surface area contributed by atoms with Crippen LogP contribution in [0.2, 0.25) is 0 Å². The van der Waals surface area contributed by atoms with E-state index in [1.807, 2.05) is 4.90 Å². The van der Waals surface area contributed by atoms with Crippen LogP contribution in [0.4, 0.5) is 0 Å². The molecule has 54 heavy (non-hydrogen) atoms. The molecule has 10 rings (SSSR count). The van der Waals surface area contributed by atoms with Crippen LogP contribution in [0.15, 0.2) is 72.8 Å². The lowest BCUT2D eigenvalue weighted by Gasteiger charge is -2.70. The molecule has 0 radical (unpaired) electrons. The van der Waals surface area contributed by atoms with Gasteiger partial charge in [-0.05, 0) is 44.7 Å². The van der Waals surface area contributed by atoms with Crippen LogP contribution in [-0.4, -0.2) is 102 Å². The van der Waals surface area contributed by atoms with Gasteiger partial charge >= 0.3 is 29.8 Å². The summed E-state index contributed by atoms with van der Waals surface area (Å²) in [7, 11) is 1.80. The lowest BCUT2D eigenvalue weighted by Crippen LogP contribution is -2.79. The average molecular weight is 742 g/mol. The predicted molar refractivity (Wildman–Crippen MR) is 186 cm³/mol. The lowest BCUT2D eigenvalue weighted by atomic mass is 9.37. The summed E-state index contributed by atoms with van der Waals surface area (Å²) in [6.45, 7) is 9.63. The first-order valence-electron chi connectivity index (χ1n) is 18.2. The molecule has 1 N–H and O–H groups in total. The van der Waals surface area contributed by atoms with Crippen LogP contribution < -0.4 is 0 Å². The van der Waals surface area contributed by atoms with Crippen LogP contribution in [0.5, 0.6) is 0 Å². The van der Waals surface area contributed by atoms with E-state index in [1.165, 1.54) is 20.8 Å². The number of carbonyl (C=O) groups is 6. The van der Waals surface area contributed by atoms with Crippen LogP contribution >= 0.6 is 0 Å². The van der Waals surface area contributed by atoms with Gasteiger partial charge in [-0.1, -0.05) is 48.6 Å². The van der Waals surface area contributed by atoms with Crippen molar-refractivity contribution >= 4 is 36.1 Å². The molecule has 2 aromatic rings. The Morgan fingerprint density at radius 3 is 1.80 bits per heavy atom. The Morgan fingerprint density at radius 2 is 1.28 bits per heavy atom. The molecule has 11 unspecified atom stereocenters. The molecule has 2 spiro atoms. The fraction of sp³-hybridized carbons (Fsp3) is 0.512. The molecular formula is C41H43NO12. The van der Waals surface area contributed by atoms with E-state index in [9.17, 15) is 33.9 Å². The van der Waals surface area contributed by atoms with E-state index in [0.29, 0.717) is 17.4 Å². The number of aldehydes is 1. The number of aliphatic hydroxyl groups is 1. The fourth-order valence-corrected chi connectivity index (χ4v) is 12.7. The molecule has 0 amide bonds. The van der Waals surface area contributed by atoms with E-state index in [-0.39, 0.29) is 12.0 Å². The number of nitrogens with zero attached hydrogens (tertiary/aromatic N) is 1. The monoisotopic (exact) mass is 741 g/mol. The van der Waals surface area contributed by atoms with Crippen LogP contribution in [-0.2, 0) is 42.9 Å². The standard InChI is InChI=1S/C41H43NO12/c1-19-17-40-26-28(53-37(48)23-13-9-7-10-14-23)25(19)29(50-20(2)44)32(40)41-31(27(34(40)47)42(6)33(26)41)39(5,18-43)35(51-21(3)45)30(36(41)52-22(4)46)54-38(49)24-15-11-8-12-16-24/h7-16,18,25-36,47H,1,17H2,2-6H3/t25?,26?,27?,28-,29?,30?,31?,32?,33?,34?,35-,36+,39-,40?,41?/m0/s1. The number of hydrogen-bond donors (Lipinski definition) is 1. The Morgan fingerprint density at radius 1 is 0.759 bits per heavy atom. The summed E-state index contributed by atoms with van der Waals surface area (Å²) >= 11 is 0. The maximum Gasteiger partial charge on any atom is 0.338 e. The van der Waals surface area contributed by atoms with Crippen LogP contribution in [0.3, 0.4) is 0 Å². The fourth-order valence-electron chi connectivity index (χ4n) is 12.7. The van der Waals surface area contributed by atoms with Gasteiger partial charge in [0.25, 0.3) is 0 Å². The molecule has 284 valence electrons. The number of ether oxygens (including phenoxy) is 5. The van der Waals surface area contributed by atoms with Crippen molar-refractivity contribution in [2.24, 2.45) is 39.9 Å². The van der Waals surface area contributed by atoms with Gasteiger partial charge in [0.15, 0.2) is 18.3 Å². The highest BCUT2D eigenvalue weighted by molar-refractivity contribution is 5.90. The number of rotatable bonds is 8. The van der Waals surface area contributed by atoms with Gasteiger partial charge in [-0.15, -0.1) is 0 Å². The molecule has 6 saturated carbocycles. The highest BCUT2D eigenvalue weighted by Crippen LogP contribution is 2.85. The van der Waals surface area contributed by atoms with Gasteiger partial charge in [0, 0.05) is 61.4 Å². The van der Waals surface area contributed by atoms with Crippen molar-refractivity contribution in [3.63, 3.8) is 0 Å². The van der Waals surface area contributed by atoms with Gasteiger partial charge < -0.3 is 33.6 Å². The minimum absolute atomic E-state index is 0.163. The SMILES string of the molecule is C=C1CC23C(O)C4C5C6(C(C2[C@@H](OC(=O)c2ccccc2)C1C(OC(C)=O)C36)N4C)[C@H](OC(C)=O)C(OC(=O)c1ccccc1)[C@H](OC(C)=O)[C@@]5(C)C=O. The third-order valence-corrected chi connectivity index (χ3v) is 13.7. The minimum atomic E-state index is -1.66. The smallest absolute Gasteiger partial charge is 0.338 e. The molecule has 15 atom stereocenters. The first-order valence-corrected chi connectivity index (χ1v) is 18.2. The van der Waals surface area contributed by atoms with Crippen molar-refractivity contribution in [2.75, 3.05) is 7.05 Å². The third kappa shape index (κ3) is 4.51. The number of piperidine rings is 1. The molecule has 6 aliphatic carbocycles. The Bertz CT molecular complexity index is 1950. The molecule has 2 aliphatic heterocycles. The van der Waals surface area contributed by atoms with E-state index in [1.54, 1.807) is 74.6 Å². The molecule has 13 nitrogen and oxygen atoms in total. The molecular weight excluding hydrogens is 698 g/mol. The summed E-state index contributed by atoms with van der Waals surface area (Å²) in [5.41, 5.74) is -3.13. The summed E-state index contributed by atoms with van der Waals surface area (Å²) in [6, 6.07) is 15.1. The molecule has 7 bridgehead atoms. The summed E-state index contributed by atoms with van der Waals surface area (Å²) in [5.74, 6) is -6.72. The van der Waals surface area contributed by atoms with Gasteiger partial charge in [0.05, 0.1) is 28.6 Å². The minimum Gasteiger partial charge on any atom is -0.461 e. The second kappa shape index (κ2) is 12.3. The summed E-state index contributed by atoms with van der Waals surface area (Å²) in [4.78, 5) is 83.0. The highest BCUT2D eigenvalue weighted by atomic mass is 16.6. The van der Waals surface area contributed by atoms with Crippen molar-refractivity contribution in [3.8, 4) is 0 Å². The number of hydrogen-bond acceptors (Lipinski definition) is 13. The maximum atomic E-state index is 14.0. The molecule has 8 fully saturated rings. The maximum absolute atomic E-state index is 14.0. The number of likely N-dealkylation sites (N-methyl/N-ethyl adjacent to an activating group) is 1. The highest BCUT2D eigenvalue weighted by Gasteiger charge is 2.95. The molecule has 2 heterocycles. The molecule has 8 aliphatic rings. The van der Waals surface area contributed by atoms with Crippen molar-refractivity contribution in [2.45, 2.75) is 82.8 Å². The second-order valence-electron chi connectivity index (χ2n) is 16.1. The Kier molecular flexibility index (Phi) is 8.24. The average Bonchev–Trinajstić information content (AvgIpc) is 3.46. The summed E-state index contributed by atoms with van der Waals surface area (Å²) in [6.07, 6.45) is -6.72. The second-order valence-corrected chi connectivity index (χ2v) is 16.1. The van der Waals surface area contributed by atoms with E-state index in [2.05, 4.69) is 6.58 Å². The largest absolute Gasteiger partial charge is 0.461 e. The molecule has 2 aromatic carbocycles. The summed E-state index contributed by atoms with van der Waals surface area (Å²) < 4.78 is 31.3. The zero-order chi connectivity index (χ0) is 38.6. The van der Waals surface area contributed by atoms with E-state index < -0.39 is 118 Å². The molecule has 13 heteroatoms. The zero-order valence-corrected chi connectivity index (χ0v) is 30.6. The van der Waals surface area contributed by atoms with Gasteiger partial charge in [0.2, 0.25) is 0 Å². The first kappa shape index (κ1) is 36.1. The number of carbonyl (C=O) groups excluding carboxylic acids is 6. The van der Waals surface area contributed by atoms with E-state index in [0.717, 1.165) is 0 Å². The van der Waals surface area contributed by atoms with E-state index in [4.69, 9.17) is 23.7 Å². The van der Waals surface area contributed by atoms with Crippen LogP contribution in [0, 0.1) is 39.9 Å². The zero-order valence-electron chi connectivity index (χ0n) is 30.6. The Labute approximate surface area is 311 Å². The van der Waals surface area contributed by atoms with Crippen LogP contribution in [0.25, 0.3) is 0 Å². The van der Waals surface area contributed by atoms with Gasteiger partial charge in [0.1, 0.15) is 18.5 Å². The summed E-state index contributed by atoms with van der Waals surface area (Å²) in [5, 5.41) is 12.9. The normalized spacial score (nSPS) is 42.1. The van der Waals surface area contributed by atoms with Gasteiger partial charge in [-0.25, -0.2) is 9.59 Å². The third-order valence-electron chi connectivity index (χ3n) is 13.7. The van der Waals surface area contributed by atoms with Crippen molar-refractivity contribution in [1.82, 2.24) is 4.90 Å². The number of benzene rings is 2. The van der Waals surface area contributed by atoms with Gasteiger partial charge in [-0.3, -0.25) is 19.3 Å². The van der Waals surface area contributed by atoms with Crippen LogP contribution in [0.1, 0.15) is 54.8 Å². The number of esters is 5. The molecule has 0 aromatic heterocycles. The number of aliphatic hydroxyl groups excluding tert-OH is 1. The van der Waals surface area contributed by atoms with Gasteiger partial charge in [-0.2, -0.15) is 0 Å². The molecule has 2 saturated heterocycles. The van der Waals surface area contributed by atoms with Crippen molar-refractivity contribution < 1.29 is 57.6 Å². The van der Waals surface area contributed by atoms with E-state index >= 15 is 0 Å². The van der Waals surface area contributed by atoms with Crippen molar-refractivity contribution in [3.05, 3.63) is 83.9 Å².